The second kappa shape index (κ2) is 11.5. The number of aliphatic imine (C=N–C) groups is 1. The first-order valence-corrected chi connectivity index (χ1v) is 10.8. The zero-order valence-electron chi connectivity index (χ0n) is 19.6. The summed E-state index contributed by atoms with van der Waals surface area (Å²) in [5.74, 6) is 2.20. The highest BCUT2D eigenvalue weighted by molar-refractivity contribution is 14.0. The largest absolute Gasteiger partial charge is 0.497 e. The van der Waals surface area contributed by atoms with Crippen molar-refractivity contribution in [1.82, 2.24) is 15.5 Å². The number of ether oxygens (including phenoxy) is 1. The van der Waals surface area contributed by atoms with Crippen LogP contribution >= 0.6 is 24.0 Å². The molecule has 1 fully saturated rings. The molecule has 0 aliphatic carbocycles. The van der Waals surface area contributed by atoms with Crippen LogP contribution in [0.3, 0.4) is 0 Å². The fraction of sp³-hybridized carbons (Fsp3) is 0.440. The number of methoxy groups -OCH3 is 1. The highest BCUT2D eigenvalue weighted by atomic mass is 127. The van der Waals surface area contributed by atoms with Crippen molar-refractivity contribution in [3.05, 3.63) is 65.2 Å². The van der Waals surface area contributed by atoms with Crippen molar-refractivity contribution in [3.63, 3.8) is 0 Å². The van der Waals surface area contributed by atoms with Gasteiger partial charge in [-0.25, -0.2) is 0 Å². The minimum atomic E-state index is -0.260. The lowest BCUT2D eigenvalue weighted by atomic mass is 9.98. The molecule has 174 valence electrons. The third-order valence-corrected chi connectivity index (χ3v) is 5.42. The van der Waals surface area contributed by atoms with E-state index in [1.807, 2.05) is 64.2 Å². The summed E-state index contributed by atoms with van der Waals surface area (Å²) in [5, 5.41) is 6.47. The Morgan fingerprint density at radius 2 is 1.91 bits per heavy atom. The zero-order valence-corrected chi connectivity index (χ0v) is 22.0. The van der Waals surface area contributed by atoms with Crippen LogP contribution < -0.4 is 15.4 Å². The molecule has 1 amide bonds. The number of halogens is 1. The molecular formula is C25H35IN4O2. The average Bonchev–Trinajstić information content (AvgIpc) is 3.23. The van der Waals surface area contributed by atoms with Crippen molar-refractivity contribution in [3.8, 4) is 5.75 Å². The van der Waals surface area contributed by atoms with Crippen LogP contribution in [-0.4, -0.2) is 49.6 Å². The molecule has 1 aliphatic rings. The molecule has 6 nitrogen and oxygen atoms in total. The van der Waals surface area contributed by atoms with Gasteiger partial charge in [0.1, 0.15) is 5.75 Å². The molecule has 32 heavy (non-hydrogen) atoms. The summed E-state index contributed by atoms with van der Waals surface area (Å²) in [6, 6.07) is 16.1. The van der Waals surface area contributed by atoms with E-state index in [4.69, 9.17) is 4.74 Å². The van der Waals surface area contributed by atoms with Gasteiger partial charge in [-0.05, 0) is 62.6 Å². The molecule has 3 rings (SSSR count). The van der Waals surface area contributed by atoms with Crippen molar-refractivity contribution in [2.75, 3.05) is 27.2 Å². The molecule has 1 saturated heterocycles. The maximum Gasteiger partial charge on any atom is 0.251 e. The smallest absolute Gasteiger partial charge is 0.251 e. The van der Waals surface area contributed by atoms with Gasteiger partial charge in [-0.2, -0.15) is 0 Å². The summed E-state index contributed by atoms with van der Waals surface area (Å²) in [5.41, 5.74) is 2.79. The van der Waals surface area contributed by atoms with E-state index in [-0.39, 0.29) is 35.4 Å². The molecule has 1 unspecified atom stereocenters. The maximum absolute atomic E-state index is 12.5. The minimum Gasteiger partial charge on any atom is -0.497 e. The topological polar surface area (TPSA) is 66.0 Å². The summed E-state index contributed by atoms with van der Waals surface area (Å²) in [4.78, 5) is 19.2. The van der Waals surface area contributed by atoms with Crippen molar-refractivity contribution in [2.24, 2.45) is 4.99 Å². The fourth-order valence-corrected chi connectivity index (χ4v) is 3.85. The van der Waals surface area contributed by atoms with E-state index in [0.29, 0.717) is 18.0 Å². The molecule has 7 heteroatoms. The van der Waals surface area contributed by atoms with Gasteiger partial charge in [0.25, 0.3) is 5.91 Å². The quantitative estimate of drug-likeness (QED) is 0.329. The first-order chi connectivity index (χ1) is 14.8. The molecule has 1 heterocycles. The summed E-state index contributed by atoms with van der Waals surface area (Å²) >= 11 is 0. The molecule has 0 spiro atoms. The Hall–Kier alpha value is -2.29. The molecule has 2 N–H and O–H groups in total. The number of hydrogen-bond acceptors (Lipinski definition) is 3. The Morgan fingerprint density at radius 1 is 1.19 bits per heavy atom. The van der Waals surface area contributed by atoms with Gasteiger partial charge in [0.2, 0.25) is 0 Å². The highest BCUT2D eigenvalue weighted by Crippen LogP contribution is 2.28. The van der Waals surface area contributed by atoms with Gasteiger partial charge in [0, 0.05) is 43.7 Å². The van der Waals surface area contributed by atoms with Gasteiger partial charge in [0.05, 0.1) is 7.11 Å². The van der Waals surface area contributed by atoms with Crippen molar-refractivity contribution < 1.29 is 9.53 Å². The number of amides is 1. The van der Waals surface area contributed by atoms with E-state index >= 15 is 0 Å². The lowest BCUT2D eigenvalue weighted by Gasteiger charge is -2.22. The molecule has 1 atom stereocenters. The molecule has 1 aliphatic heterocycles. The van der Waals surface area contributed by atoms with Crippen LogP contribution in [0.5, 0.6) is 5.75 Å². The van der Waals surface area contributed by atoms with Crippen LogP contribution in [0.25, 0.3) is 0 Å². The second-order valence-electron chi connectivity index (χ2n) is 9.01. The normalized spacial score (nSPS) is 16.3. The number of carbonyl (C=O) groups excluding carboxylic acids is 1. The predicted octanol–water partition coefficient (Wildman–Crippen LogP) is 4.41. The summed E-state index contributed by atoms with van der Waals surface area (Å²) in [7, 11) is 3.50. The van der Waals surface area contributed by atoms with Crippen LogP contribution in [0.15, 0.2) is 53.5 Å². The van der Waals surface area contributed by atoms with Crippen LogP contribution in [0.2, 0.25) is 0 Å². The van der Waals surface area contributed by atoms with Gasteiger partial charge in [-0.3, -0.25) is 9.79 Å². The van der Waals surface area contributed by atoms with E-state index < -0.39 is 0 Å². The second-order valence-corrected chi connectivity index (χ2v) is 9.01. The number of guanidine groups is 1. The fourth-order valence-electron chi connectivity index (χ4n) is 3.85. The Balaban J connectivity index is 0.00000363. The number of rotatable bonds is 5. The first-order valence-electron chi connectivity index (χ1n) is 10.8. The van der Waals surface area contributed by atoms with Crippen molar-refractivity contribution >= 4 is 35.8 Å². The standard InChI is InChI=1S/C25H34N4O2.HI/c1-25(2,3)28-23(30)20-8-6-7-18(15-20)16-27-24(26-4)29-14-13-21(17-29)19-9-11-22(31-5)12-10-19;/h6-12,15,21H,13-14,16-17H2,1-5H3,(H,26,27)(H,28,30);1H. The highest BCUT2D eigenvalue weighted by Gasteiger charge is 2.26. The number of hydrogen-bond donors (Lipinski definition) is 2. The van der Waals surface area contributed by atoms with Crippen LogP contribution in [-0.2, 0) is 6.54 Å². The number of likely N-dealkylation sites (tertiary alicyclic amines) is 1. The molecule has 2 aromatic carbocycles. The molecule has 2 aromatic rings. The third kappa shape index (κ3) is 7.12. The number of nitrogens with zero attached hydrogens (tertiary/aromatic N) is 2. The van der Waals surface area contributed by atoms with Crippen LogP contribution in [0.1, 0.15) is 54.6 Å². The van der Waals surface area contributed by atoms with E-state index in [2.05, 4.69) is 32.7 Å². The number of benzene rings is 2. The summed E-state index contributed by atoms with van der Waals surface area (Å²) in [6.45, 7) is 8.46. The molecule has 0 bridgehead atoms. The SMILES string of the molecule is CN=C(NCc1cccc(C(=O)NC(C)(C)C)c1)N1CCC(c2ccc(OC)cc2)C1.I. The van der Waals surface area contributed by atoms with E-state index in [0.717, 1.165) is 36.8 Å². The average molecular weight is 550 g/mol. The minimum absolute atomic E-state index is 0. The predicted molar refractivity (Wildman–Crippen MR) is 141 cm³/mol. The van der Waals surface area contributed by atoms with E-state index in [9.17, 15) is 4.79 Å². The molecule has 0 saturated carbocycles. The van der Waals surface area contributed by atoms with Gasteiger partial charge >= 0.3 is 0 Å². The first kappa shape index (κ1) is 26.0. The lowest BCUT2D eigenvalue weighted by Crippen LogP contribution is -2.40. The number of nitrogens with one attached hydrogen (secondary N) is 2. The Kier molecular flexibility index (Phi) is 9.36. The molecular weight excluding hydrogens is 515 g/mol. The summed E-state index contributed by atoms with van der Waals surface area (Å²) in [6.07, 6.45) is 1.09. The lowest BCUT2D eigenvalue weighted by molar-refractivity contribution is 0.0919. The molecule has 0 radical (unpaired) electrons. The Bertz CT molecular complexity index is 922. The molecule has 0 aromatic heterocycles. The van der Waals surface area contributed by atoms with Crippen molar-refractivity contribution in [1.29, 1.82) is 0 Å². The Labute approximate surface area is 208 Å². The van der Waals surface area contributed by atoms with Crippen molar-refractivity contribution in [2.45, 2.75) is 45.2 Å². The van der Waals surface area contributed by atoms with Gasteiger partial charge in [-0.15, -0.1) is 24.0 Å². The van der Waals surface area contributed by atoms with Crippen LogP contribution in [0, 0.1) is 0 Å². The van der Waals surface area contributed by atoms with E-state index in [1.165, 1.54) is 5.56 Å². The monoisotopic (exact) mass is 550 g/mol. The number of carbonyl (C=O) groups is 1. The van der Waals surface area contributed by atoms with Gasteiger partial charge < -0.3 is 20.3 Å². The Morgan fingerprint density at radius 3 is 2.53 bits per heavy atom. The third-order valence-electron chi connectivity index (χ3n) is 5.42. The summed E-state index contributed by atoms with van der Waals surface area (Å²) < 4.78 is 5.26. The zero-order chi connectivity index (χ0) is 22.4. The van der Waals surface area contributed by atoms with Gasteiger partial charge in [-0.1, -0.05) is 24.3 Å². The van der Waals surface area contributed by atoms with Crippen LogP contribution in [0.4, 0.5) is 0 Å². The van der Waals surface area contributed by atoms with E-state index in [1.54, 1.807) is 7.11 Å². The maximum atomic E-state index is 12.5. The van der Waals surface area contributed by atoms with Gasteiger partial charge in [0.15, 0.2) is 5.96 Å².